The number of morpholine rings is 1. The van der Waals surface area contributed by atoms with Gasteiger partial charge in [0, 0.05) is 57.5 Å². The van der Waals surface area contributed by atoms with E-state index in [9.17, 15) is 0 Å². The molecule has 6 nitrogen and oxygen atoms in total. The Bertz CT molecular complexity index is 821. The summed E-state index contributed by atoms with van der Waals surface area (Å²) in [7, 11) is 1.76. The zero-order chi connectivity index (χ0) is 19.5. The molecule has 2 heterocycles. The van der Waals surface area contributed by atoms with Gasteiger partial charge in [-0.05, 0) is 37.3 Å². The van der Waals surface area contributed by atoms with Gasteiger partial charge in [0.15, 0.2) is 0 Å². The van der Waals surface area contributed by atoms with Crippen LogP contribution in [0.1, 0.15) is 30.4 Å². The lowest BCUT2D eigenvalue weighted by molar-refractivity contribution is 0.0613. The maximum atomic E-state index is 8.79. The Labute approximate surface area is 167 Å². The smallest absolute Gasteiger partial charge is 0.127 e. The Kier molecular flexibility index (Phi) is 5.99. The molecular formula is C22H32N4O2. The number of fused-ring (bicyclic) bond motifs is 1. The number of aromatic nitrogens is 1. The molecule has 1 saturated carbocycles. The van der Waals surface area contributed by atoms with E-state index >= 15 is 0 Å². The number of hydrogen-bond acceptors (Lipinski definition) is 4. The Morgan fingerprint density at radius 2 is 2.25 bits per heavy atom. The summed E-state index contributed by atoms with van der Waals surface area (Å²) in [6, 6.07) is 7.02. The van der Waals surface area contributed by atoms with Gasteiger partial charge in [0.25, 0.3) is 0 Å². The monoisotopic (exact) mass is 384 g/mol. The van der Waals surface area contributed by atoms with Crippen LogP contribution in [0, 0.1) is 12.3 Å². The van der Waals surface area contributed by atoms with Gasteiger partial charge >= 0.3 is 0 Å². The number of hydrogen-bond donors (Lipinski definition) is 2. The zero-order valence-electron chi connectivity index (χ0n) is 17.0. The van der Waals surface area contributed by atoms with Crippen LogP contribution in [0.15, 0.2) is 24.4 Å². The molecule has 6 heteroatoms. The quantitative estimate of drug-likeness (QED) is 0.417. The highest BCUT2D eigenvalue weighted by Gasteiger charge is 2.35. The molecule has 1 aromatic carbocycles. The molecule has 2 fully saturated rings. The molecule has 1 saturated heterocycles. The summed E-state index contributed by atoms with van der Waals surface area (Å²) in [5.41, 5.74) is 3.91. The van der Waals surface area contributed by atoms with Gasteiger partial charge in [-0.1, -0.05) is 18.2 Å². The predicted octanol–water partition coefficient (Wildman–Crippen LogP) is 2.92. The summed E-state index contributed by atoms with van der Waals surface area (Å²) in [6.07, 6.45) is 5.50. The topological polar surface area (TPSA) is 62.5 Å². The summed E-state index contributed by atoms with van der Waals surface area (Å²) >= 11 is 0. The number of para-hydroxylation sites is 1. The van der Waals surface area contributed by atoms with Crippen molar-refractivity contribution in [1.29, 1.82) is 5.41 Å². The fourth-order valence-corrected chi connectivity index (χ4v) is 4.21. The fourth-order valence-electron chi connectivity index (χ4n) is 4.21. The molecule has 1 aliphatic heterocycles. The van der Waals surface area contributed by atoms with Gasteiger partial charge in [0.2, 0.25) is 0 Å². The van der Waals surface area contributed by atoms with Crippen molar-refractivity contribution in [2.75, 3.05) is 33.4 Å². The van der Waals surface area contributed by atoms with E-state index in [-0.39, 0.29) is 6.10 Å². The molecule has 0 amide bonds. The lowest BCUT2D eigenvalue weighted by Crippen LogP contribution is -2.49. The van der Waals surface area contributed by atoms with Crippen LogP contribution < -0.4 is 5.32 Å². The van der Waals surface area contributed by atoms with Crippen LogP contribution >= 0.6 is 0 Å². The van der Waals surface area contributed by atoms with Crippen LogP contribution in [0.5, 0.6) is 0 Å². The van der Waals surface area contributed by atoms with Gasteiger partial charge in [-0.25, -0.2) is 0 Å². The van der Waals surface area contributed by atoms with Crippen molar-refractivity contribution >= 4 is 16.7 Å². The number of benzene rings is 1. The first-order chi connectivity index (χ1) is 13.7. The average molecular weight is 385 g/mol. The van der Waals surface area contributed by atoms with Crippen molar-refractivity contribution in [2.45, 2.75) is 51.4 Å². The van der Waals surface area contributed by atoms with Gasteiger partial charge in [-0.15, -0.1) is 0 Å². The van der Waals surface area contributed by atoms with E-state index in [1.165, 1.54) is 34.9 Å². The van der Waals surface area contributed by atoms with E-state index < -0.39 is 0 Å². The molecule has 2 aromatic rings. The molecule has 0 unspecified atom stereocenters. The highest BCUT2D eigenvalue weighted by atomic mass is 16.5. The van der Waals surface area contributed by atoms with Gasteiger partial charge in [-0.2, -0.15) is 0 Å². The van der Waals surface area contributed by atoms with Crippen LogP contribution in [0.2, 0.25) is 0 Å². The Hall–Kier alpha value is -1.89. The second-order valence-electron chi connectivity index (χ2n) is 7.97. The summed E-state index contributed by atoms with van der Waals surface area (Å²) in [5, 5.41) is 13.5. The number of methoxy groups -OCH3 is 1. The largest absolute Gasteiger partial charge is 0.385 e. The number of nitrogens with zero attached hydrogens (tertiary/aromatic N) is 2. The molecule has 28 heavy (non-hydrogen) atoms. The van der Waals surface area contributed by atoms with Crippen LogP contribution in [-0.2, 0) is 22.6 Å². The first kappa shape index (κ1) is 19.4. The predicted molar refractivity (Wildman–Crippen MR) is 112 cm³/mol. The lowest BCUT2D eigenvalue weighted by atomic mass is 10.1. The molecule has 1 aromatic heterocycles. The first-order valence-electron chi connectivity index (χ1n) is 10.4. The maximum absolute atomic E-state index is 8.79. The molecule has 152 valence electrons. The van der Waals surface area contributed by atoms with Crippen molar-refractivity contribution in [2.24, 2.45) is 0 Å². The Morgan fingerprint density at radius 1 is 1.39 bits per heavy atom. The number of nitrogens with one attached hydrogen (secondary N) is 2. The van der Waals surface area contributed by atoms with Crippen LogP contribution in [0.4, 0.5) is 0 Å². The molecule has 4 rings (SSSR count). The summed E-state index contributed by atoms with van der Waals surface area (Å²) in [4.78, 5) is 2.27. The van der Waals surface area contributed by atoms with Crippen molar-refractivity contribution in [3.63, 3.8) is 0 Å². The van der Waals surface area contributed by atoms with Crippen molar-refractivity contribution in [1.82, 2.24) is 14.8 Å². The molecule has 2 N–H and O–H groups in total. The van der Waals surface area contributed by atoms with Crippen LogP contribution in [0.25, 0.3) is 10.9 Å². The van der Waals surface area contributed by atoms with Gasteiger partial charge in [0.1, 0.15) is 11.9 Å². The van der Waals surface area contributed by atoms with E-state index in [0.717, 1.165) is 39.2 Å². The summed E-state index contributed by atoms with van der Waals surface area (Å²) in [6.45, 7) is 6.98. The van der Waals surface area contributed by atoms with E-state index in [1.807, 2.05) is 0 Å². The van der Waals surface area contributed by atoms with Crippen LogP contribution in [0.3, 0.4) is 0 Å². The molecule has 0 bridgehead atoms. The fraction of sp³-hybridized carbons (Fsp3) is 0.591. The van der Waals surface area contributed by atoms with Crippen molar-refractivity contribution in [3.05, 3.63) is 35.5 Å². The Morgan fingerprint density at radius 3 is 2.96 bits per heavy atom. The SMILES string of the molecule is COCCCn1cc(CN(C(=N)[C@H]2CNCCO2)C2CC2)c2cccc(C)c21. The maximum Gasteiger partial charge on any atom is 0.127 e. The first-order valence-corrected chi connectivity index (χ1v) is 10.4. The summed E-state index contributed by atoms with van der Waals surface area (Å²) in [5.74, 6) is 0.627. The second-order valence-corrected chi connectivity index (χ2v) is 7.97. The normalized spacial score (nSPS) is 19.9. The number of amidine groups is 1. The highest BCUT2D eigenvalue weighted by Crippen LogP contribution is 2.32. The number of aryl methyl sites for hydroxylation is 2. The van der Waals surface area contributed by atoms with Gasteiger partial charge < -0.3 is 24.3 Å². The van der Waals surface area contributed by atoms with Crippen LogP contribution in [-0.4, -0.2) is 60.9 Å². The zero-order valence-corrected chi connectivity index (χ0v) is 17.0. The molecule has 2 aliphatic rings. The third kappa shape index (κ3) is 4.09. The van der Waals surface area contributed by atoms with Crippen molar-refractivity contribution < 1.29 is 9.47 Å². The minimum absolute atomic E-state index is 0.133. The van der Waals surface area contributed by atoms with E-state index in [0.29, 0.717) is 18.5 Å². The van der Waals surface area contributed by atoms with E-state index in [2.05, 4.69) is 46.1 Å². The van der Waals surface area contributed by atoms with E-state index in [1.54, 1.807) is 7.11 Å². The molecule has 0 spiro atoms. The Balaban J connectivity index is 1.60. The minimum Gasteiger partial charge on any atom is -0.385 e. The number of ether oxygens (including phenoxy) is 2. The second kappa shape index (κ2) is 8.64. The van der Waals surface area contributed by atoms with Crippen molar-refractivity contribution in [3.8, 4) is 0 Å². The van der Waals surface area contributed by atoms with E-state index in [4.69, 9.17) is 14.9 Å². The minimum atomic E-state index is -0.133. The summed E-state index contributed by atoms with van der Waals surface area (Å²) < 4.78 is 13.5. The van der Waals surface area contributed by atoms with Gasteiger partial charge in [0.05, 0.1) is 12.1 Å². The molecule has 1 aliphatic carbocycles. The third-order valence-corrected chi connectivity index (χ3v) is 5.80. The lowest BCUT2D eigenvalue weighted by Gasteiger charge is -2.32. The van der Waals surface area contributed by atoms with Gasteiger partial charge in [-0.3, -0.25) is 5.41 Å². The standard InChI is InChI=1S/C22H32N4O2/c1-16-5-3-6-19-17(14-25(21(16)19)10-4-11-27-2)15-26(18-7-8-18)22(23)20-13-24-9-12-28-20/h3,5-6,14,18,20,23-24H,4,7-13,15H2,1-2H3/t20-/m1/s1. The molecular weight excluding hydrogens is 352 g/mol. The third-order valence-electron chi connectivity index (χ3n) is 5.80. The molecule has 1 atom stereocenters. The molecule has 0 radical (unpaired) electrons. The average Bonchev–Trinajstić information content (AvgIpc) is 3.50. The number of rotatable bonds is 8. The highest BCUT2D eigenvalue weighted by molar-refractivity contribution is 5.88.